The summed E-state index contributed by atoms with van der Waals surface area (Å²) < 4.78 is 9.72. The van der Waals surface area contributed by atoms with Crippen molar-refractivity contribution in [2.24, 2.45) is 5.73 Å². The van der Waals surface area contributed by atoms with Crippen LogP contribution in [0.3, 0.4) is 0 Å². The standard InChI is InChI=1S/C20H19N3O7/c1-29-10-4-3-9-5-12(18(26)23-14(9)6-10)11(7-15(21)24)16-17(25)13(20(28)30-2)8-22-19(16)27/h3-6,8,11H,7H2,1-2H3,(H2,21,24)(H,23,26)(H2,22,25,27)/t11-/m1/s1. The van der Waals surface area contributed by atoms with E-state index in [1.54, 1.807) is 18.2 Å². The zero-order valence-corrected chi connectivity index (χ0v) is 16.1. The van der Waals surface area contributed by atoms with E-state index in [2.05, 4.69) is 14.7 Å². The summed E-state index contributed by atoms with van der Waals surface area (Å²) in [5, 5.41) is 11.2. The number of methoxy groups -OCH3 is 2. The van der Waals surface area contributed by atoms with Crippen LogP contribution in [0.1, 0.15) is 33.8 Å². The van der Waals surface area contributed by atoms with Crippen LogP contribution in [0.25, 0.3) is 10.9 Å². The number of ether oxygens (including phenoxy) is 2. The normalized spacial score (nSPS) is 11.8. The number of hydrogen-bond acceptors (Lipinski definition) is 7. The van der Waals surface area contributed by atoms with Gasteiger partial charge < -0.3 is 30.3 Å². The van der Waals surface area contributed by atoms with E-state index in [0.717, 1.165) is 13.3 Å². The van der Waals surface area contributed by atoms with Gasteiger partial charge in [0.1, 0.15) is 17.1 Å². The summed E-state index contributed by atoms with van der Waals surface area (Å²) in [4.78, 5) is 53.9. The number of nitrogens with two attached hydrogens (primary N) is 1. The van der Waals surface area contributed by atoms with E-state index in [0.29, 0.717) is 16.7 Å². The van der Waals surface area contributed by atoms with Gasteiger partial charge in [-0.15, -0.1) is 0 Å². The second kappa shape index (κ2) is 8.11. The number of rotatable bonds is 6. The largest absolute Gasteiger partial charge is 0.506 e. The van der Waals surface area contributed by atoms with Crippen LogP contribution in [-0.4, -0.2) is 41.2 Å². The second-order valence-corrected chi connectivity index (χ2v) is 6.52. The van der Waals surface area contributed by atoms with Gasteiger partial charge in [0.05, 0.1) is 25.3 Å². The van der Waals surface area contributed by atoms with Crippen molar-refractivity contribution in [3.05, 3.63) is 67.9 Å². The minimum absolute atomic E-state index is 0.0225. The molecule has 0 saturated carbocycles. The summed E-state index contributed by atoms with van der Waals surface area (Å²) in [5.41, 5.74) is 3.81. The first-order valence-corrected chi connectivity index (χ1v) is 8.79. The number of primary amides is 1. The maximum Gasteiger partial charge on any atom is 0.343 e. The lowest BCUT2D eigenvalue weighted by atomic mass is 9.87. The summed E-state index contributed by atoms with van der Waals surface area (Å²) in [6, 6.07) is 6.47. The molecule has 0 unspecified atom stereocenters. The van der Waals surface area contributed by atoms with Crippen molar-refractivity contribution in [1.29, 1.82) is 0 Å². The molecule has 0 aliphatic rings. The maximum absolute atomic E-state index is 12.8. The molecule has 0 radical (unpaired) electrons. The average Bonchev–Trinajstić information content (AvgIpc) is 2.71. The number of aromatic amines is 2. The molecular weight excluding hydrogens is 394 g/mol. The number of carbonyl (C=O) groups excluding carboxylic acids is 2. The number of fused-ring (bicyclic) bond motifs is 1. The molecule has 3 aromatic rings. The van der Waals surface area contributed by atoms with Crippen LogP contribution in [0, 0.1) is 0 Å². The lowest BCUT2D eigenvalue weighted by Gasteiger charge is -2.18. The lowest BCUT2D eigenvalue weighted by Crippen LogP contribution is -2.27. The molecule has 5 N–H and O–H groups in total. The molecule has 0 aliphatic heterocycles. The molecule has 10 nitrogen and oxygen atoms in total. The summed E-state index contributed by atoms with van der Waals surface area (Å²) >= 11 is 0. The van der Waals surface area contributed by atoms with E-state index >= 15 is 0 Å². The average molecular weight is 413 g/mol. The fourth-order valence-electron chi connectivity index (χ4n) is 3.28. The molecule has 1 amide bonds. The molecule has 3 rings (SSSR count). The highest BCUT2D eigenvalue weighted by molar-refractivity contribution is 5.92. The number of aromatic nitrogens is 2. The molecule has 0 aliphatic carbocycles. The Morgan fingerprint density at radius 2 is 1.90 bits per heavy atom. The van der Waals surface area contributed by atoms with Crippen molar-refractivity contribution >= 4 is 22.8 Å². The molecule has 2 heterocycles. The number of carbonyl (C=O) groups is 2. The predicted octanol–water partition coefficient (Wildman–Crippen LogP) is 0.725. The Bertz CT molecular complexity index is 1260. The van der Waals surface area contributed by atoms with E-state index < -0.39 is 41.1 Å². The van der Waals surface area contributed by atoms with Crippen LogP contribution in [0.15, 0.2) is 40.1 Å². The summed E-state index contributed by atoms with van der Waals surface area (Å²) in [7, 11) is 2.59. The van der Waals surface area contributed by atoms with Crippen LogP contribution in [0.2, 0.25) is 0 Å². The molecular formula is C20H19N3O7. The van der Waals surface area contributed by atoms with Gasteiger partial charge in [0.15, 0.2) is 0 Å². The highest BCUT2D eigenvalue weighted by Crippen LogP contribution is 2.33. The predicted molar refractivity (Wildman–Crippen MR) is 107 cm³/mol. The zero-order valence-electron chi connectivity index (χ0n) is 16.1. The van der Waals surface area contributed by atoms with Gasteiger partial charge in [-0.1, -0.05) is 0 Å². The topological polar surface area (TPSA) is 165 Å². The maximum atomic E-state index is 12.8. The summed E-state index contributed by atoms with van der Waals surface area (Å²) in [5.74, 6) is -3.07. The van der Waals surface area contributed by atoms with Crippen LogP contribution >= 0.6 is 0 Å². The van der Waals surface area contributed by atoms with E-state index in [1.807, 2.05) is 0 Å². The summed E-state index contributed by atoms with van der Waals surface area (Å²) in [6.45, 7) is 0. The van der Waals surface area contributed by atoms with Crippen molar-refractivity contribution in [1.82, 2.24) is 9.97 Å². The van der Waals surface area contributed by atoms with Crippen LogP contribution in [0.4, 0.5) is 0 Å². The van der Waals surface area contributed by atoms with E-state index in [4.69, 9.17) is 10.5 Å². The molecule has 1 atom stereocenters. The molecule has 0 spiro atoms. The summed E-state index contributed by atoms with van der Waals surface area (Å²) in [6.07, 6.45) is 0.539. The first-order valence-electron chi connectivity index (χ1n) is 8.79. The van der Waals surface area contributed by atoms with E-state index in [9.17, 15) is 24.3 Å². The molecule has 156 valence electrons. The van der Waals surface area contributed by atoms with Gasteiger partial charge in [0.2, 0.25) is 5.91 Å². The van der Waals surface area contributed by atoms with Crippen LogP contribution in [-0.2, 0) is 9.53 Å². The monoisotopic (exact) mass is 413 g/mol. The molecule has 10 heteroatoms. The highest BCUT2D eigenvalue weighted by Gasteiger charge is 2.29. The molecule has 0 bridgehead atoms. The third-order valence-corrected chi connectivity index (χ3v) is 4.72. The van der Waals surface area contributed by atoms with Gasteiger partial charge in [0, 0.05) is 30.2 Å². The quantitative estimate of drug-likeness (QED) is 0.432. The van der Waals surface area contributed by atoms with Gasteiger partial charge >= 0.3 is 5.97 Å². The number of H-pyrrole nitrogens is 2. The number of aromatic hydroxyl groups is 1. The number of benzene rings is 1. The van der Waals surface area contributed by atoms with Gasteiger partial charge in [-0.25, -0.2) is 4.79 Å². The number of pyridine rings is 2. The fourth-order valence-corrected chi connectivity index (χ4v) is 3.28. The van der Waals surface area contributed by atoms with Crippen molar-refractivity contribution in [3.8, 4) is 11.5 Å². The van der Waals surface area contributed by atoms with Crippen molar-refractivity contribution in [2.45, 2.75) is 12.3 Å². The first kappa shape index (κ1) is 20.6. The Labute approximate surface area is 169 Å². The number of amides is 1. The van der Waals surface area contributed by atoms with Crippen LogP contribution < -0.4 is 21.6 Å². The third kappa shape index (κ3) is 3.75. The van der Waals surface area contributed by atoms with E-state index in [-0.39, 0.29) is 16.7 Å². The molecule has 2 aromatic heterocycles. The third-order valence-electron chi connectivity index (χ3n) is 4.72. The number of hydrogen-bond donors (Lipinski definition) is 4. The van der Waals surface area contributed by atoms with Crippen molar-refractivity contribution in [3.63, 3.8) is 0 Å². The fraction of sp³-hybridized carbons (Fsp3) is 0.200. The Hall–Kier alpha value is -4.08. The van der Waals surface area contributed by atoms with Gasteiger partial charge in [-0.05, 0) is 23.6 Å². The Morgan fingerprint density at radius 3 is 2.53 bits per heavy atom. The van der Waals surface area contributed by atoms with Gasteiger partial charge in [-0.2, -0.15) is 0 Å². The minimum Gasteiger partial charge on any atom is -0.506 e. The van der Waals surface area contributed by atoms with Crippen LogP contribution in [0.5, 0.6) is 11.5 Å². The van der Waals surface area contributed by atoms with Crippen molar-refractivity contribution in [2.75, 3.05) is 14.2 Å². The highest BCUT2D eigenvalue weighted by atomic mass is 16.5. The Kier molecular flexibility index (Phi) is 5.58. The smallest absolute Gasteiger partial charge is 0.343 e. The van der Waals surface area contributed by atoms with Gasteiger partial charge in [0.25, 0.3) is 11.1 Å². The Balaban J connectivity index is 2.28. The Morgan fingerprint density at radius 1 is 1.17 bits per heavy atom. The van der Waals surface area contributed by atoms with Gasteiger partial charge in [-0.3, -0.25) is 14.4 Å². The lowest BCUT2D eigenvalue weighted by molar-refractivity contribution is -0.118. The zero-order chi connectivity index (χ0) is 22.0. The molecule has 1 aromatic carbocycles. The number of esters is 1. The number of nitrogens with one attached hydrogen (secondary N) is 2. The second-order valence-electron chi connectivity index (χ2n) is 6.52. The molecule has 0 fully saturated rings. The molecule has 30 heavy (non-hydrogen) atoms. The molecule has 0 saturated heterocycles. The van der Waals surface area contributed by atoms with E-state index in [1.165, 1.54) is 13.2 Å². The SMILES string of the molecule is COC(=O)c1c[nH]c(=O)c([C@H](CC(N)=O)c2cc3ccc(OC)cc3[nH]c2=O)c1O. The first-order chi connectivity index (χ1) is 14.3. The minimum atomic E-state index is -1.20. The van der Waals surface area contributed by atoms with Crippen molar-refractivity contribution < 1.29 is 24.2 Å².